The lowest BCUT2D eigenvalue weighted by molar-refractivity contribution is 0.450. The molecule has 0 aliphatic carbocycles. The summed E-state index contributed by atoms with van der Waals surface area (Å²) in [4.78, 5) is 12.3. The van der Waals surface area contributed by atoms with Gasteiger partial charge in [0.25, 0.3) is 0 Å². The van der Waals surface area contributed by atoms with Crippen molar-refractivity contribution in [3.8, 4) is 11.5 Å². The van der Waals surface area contributed by atoms with Gasteiger partial charge in [-0.05, 0) is 19.1 Å². The van der Waals surface area contributed by atoms with E-state index in [1.54, 1.807) is 31.2 Å². The molecule has 1 heterocycles. The minimum absolute atomic E-state index is 0.0987. The summed E-state index contributed by atoms with van der Waals surface area (Å²) in [5, 5.41) is 19.9. The Morgan fingerprint density at radius 3 is 2.61 bits per heavy atom. The second kappa shape index (κ2) is 3.50. The second-order valence-electron chi connectivity index (χ2n) is 4.17. The molecular weight excluding hydrogens is 232 g/mol. The highest BCUT2D eigenvalue weighted by Crippen LogP contribution is 2.33. The summed E-state index contributed by atoms with van der Waals surface area (Å²) in [6.07, 6.45) is 0. The van der Waals surface area contributed by atoms with Gasteiger partial charge in [-0.25, -0.2) is 0 Å². The van der Waals surface area contributed by atoms with Crippen LogP contribution >= 0.6 is 0 Å². The molecule has 2 N–H and O–H groups in total. The molecule has 3 rings (SSSR count). The molecule has 0 unspecified atom stereocenters. The van der Waals surface area contributed by atoms with Crippen LogP contribution in [-0.2, 0) is 0 Å². The largest absolute Gasteiger partial charge is 0.507 e. The monoisotopic (exact) mass is 242 g/mol. The number of aromatic hydroxyl groups is 2. The van der Waals surface area contributed by atoms with Crippen LogP contribution in [0.1, 0.15) is 5.56 Å². The van der Waals surface area contributed by atoms with Crippen LogP contribution in [0.5, 0.6) is 11.5 Å². The Balaban J connectivity index is 2.69. The third kappa shape index (κ3) is 1.29. The number of hydrogen-bond acceptors (Lipinski definition) is 4. The van der Waals surface area contributed by atoms with Crippen LogP contribution < -0.4 is 5.43 Å². The summed E-state index contributed by atoms with van der Waals surface area (Å²) in [5.74, 6) is -0.369. The van der Waals surface area contributed by atoms with Gasteiger partial charge in [-0.2, -0.15) is 0 Å². The Hall–Kier alpha value is -2.49. The molecule has 0 saturated carbocycles. The summed E-state index contributed by atoms with van der Waals surface area (Å²) in [6.45, 7) is 1.63. The number of phenols is 2. The van der Waals surface area contributed by atoms with E-state index in [1.165, 1.54) is 0 Å². The molecule has 0 fully saturated rings. The van der Waals surface area contributed by atoms with E-state index in [0.29, 0.717) is 16.5 Å². The van der Waals surface area contributed by atoms with E-state index in [0.717, 1.165) is 6.07 Å². The fourth-order valence-corrected chi connectivity index (χ4v) is 2.06. The number of rotatable bonds is 0. The second-order valence-corrected chi connectivity index (χ2v) is 4.17. The molecule has 0 amide bonds. The van der Waals surface area contributed by atoms with Gasteiger partial charge in [0.1, 0.15) is 28.1 Å². The molecule has 0 aliphatic rings. The van der Waals surface area contributed by atoms with Crippen molar-refractivity contribution in [3.05, 3.63) is 46.1 Å². The lowest BCUT2D eigenvalue weighted by atomic mass is 10.1. The predicted molar refractivity (Wildman–Crippen MR) is 68.1 cm³/mol. The molecule has 4 heteroatoms. The molecule has 18 heavy (non-hydrogen) atoms. The molecular formula is C14H10O4. The molecule has 90 valence electrons. The van der Waals surface area contributed by atoms with Gasteiger partial charge in [0.15, 0.2) is 0 Å². The summed E-state index contributed by atoms with van der Waals surface area (Å²) in [5.41, 5.74) is 0.789. The smallest absolute Gasteiger partial charge is 0.204 e. The molecule has 0 aliphatic heterocycles. The summed E-state index contributed by atoms with van der Waals surface area (Å²) >= 11 is 0. The van der Waals surface area contributed by atoms with Crippen molar-refractivity contribution in [2.75, 3.05) is 0 Å². The SMILES string of the molecule is Cc1c(O)cc(O)c2c(=O)c3ccccc3oc12. The van der Waals surface area contributed by atoms with Gasteiger partial charge in [-0.3, -0.25) is 4.79 Å². The predicted octanol–water partition coefficient (Wildman–Crippen LogP) is 2.67. The number of aryl methyl sites for hydroxylation is 1. The minimum Gasteiger partial charge on any atom is -0.507 e. The van der Waals surface area contributed by atoms with Crippen LogP contribution in [0.3, 0.4) is 0 Å². The average molecular weight is 242 g/mol. The summed E-state index contributed by atoms with van der Waals surface area (Å²) < 4.78 is 5.60. The van der Waals surface area contributed by atoms with Crippen LogP contribution in [0.15, 0.2) is 39.5 Å². The molecule has 0 saturated heterocycles. The third-order valence-corrected chi connectivity index (χ3v) is 3.05. The Kier molecular flexibility index (Phi) is 2.07. The first kappa shape index (κ1) is 10.7. The van der Waals surface area contributed by atoms with E-state index in [1.807, 2.05) is 0 Å². The number of fused-ring (bicyclic) bond motifs is 2. The van der Waals surface area contributed by atoms with Crippen molar-refractivity contribution in [1.82, 2.24) is 0 Å². The highest BCUT2D eigenvalue weighted by molar-refractivity contribution is 5.95. The molecule has 0 spiro atoms. The van der Waals surface area contributed by atoms with Crippen molar-refractivity contribution in [1.29, 1.82) is 0 Å². The highest BCUT2D eigenvalue weighted by atomic mass is 16.3. The standard InChI is InChI=1S/C14H10O4/c1-7-9(15)6-10(16)12-13(17)8-4-2-3-5-11(8)18-14(7)12/h2-6,15-16H,1H3. The van der Waals surface area contributed by atoms with Crippen LogP contribution in [-0.4, -0.2) is 10.2 Å². The van der Waals surface area contributed by atoms with Gasteiger partial charge in [0.2, 0.25) is 5.43 Å². The van der Waals surface area contributed by atoms with Gasteiger partial charge in [-0.15, -0.1) is 0 Å². The zero-order valence-electron chi connectivity index (χ0n) is 9.60. The van der Waals surface area contributed by atoms with E-state index in [9.17, 15) is 15.0 Å². The van der Waals surface area contributed by atoms with Gasteiger partial charge >= 0.3 is 0 Å². The van der Waals surface area contributed by atoms with Crippen LogP contribution in [0.4, 0.5) is 0 Å². The fourth-order valence-electron chi connectivity index (χ4n) is 2.06. The summed E-state index contributed by atoms with van der Waals surface area (Å²) in [6, 6.07) is 7.97. The van der Waals surface area contributed by atoms with Crippen molar-refractivity contribution in [2.45, 2.75) is 6.92 Å². The van der Waals surface area contributed by atoms with Crippen LogP contribution in [0.25, 0.3) is 21.9 Å². The van der Waals surface area contributed by atoms with E-state index in [-0.39, 0.29) is 27.9 Å². The minimum atomic E-state index is -0.299. The van der Waals surface area contributed by atoms with E-state index in [2.05, 4.69) is 0 Å². The Morgan fingerprint density at radius 1 is 1.11 bits per heavy atom. The lowest BCUT2D eigenvalue weighted by Crippen LogP contribution is -2.03. The van der Waals surface area contributed by atoms with Gasteiger partial charge in [0, 0.05) is 11.6 Å². The lowest BCUT2D eigenvalue weighted by Gasteiger charge is -2.07. The zero-order chi connectivity index (χ0) is 12.9. The normalized spacial score (nSPS) is 11.2. The number of phenolic OH excluding ortho intramolecular Hbond substituents is 2. The molecule has 0 radical (unpaired) electrons. The first-order chi connectivity index (χ1) is 8.59. The number of hydrogen-bond donors (Lipinski definition) is 2. The van der Waals surface area contributed by atoms with E-state index >= 15 is 0 Å². The molecule has 1 aromatic heterocycles. The molecule has 2 aromatic carbocycles. The third-order valence-electron chi connectivity index (χ3n) is 3.05. The van der Waals surface area contributed by atoms with E-state index in [4.69, 9.17) is 4.42 Å². The van der Waals surface area contributed by atoms with Crippen LogP contribution in [0, 0.1) is 6.92 Å². The number of para-hydroxylation sites is 1. The first-order valence-corrected chi connectivity index (χ1v) is 5.46. The van der Waals surface area contributed by atoms with Crippen molar-refractivity contribution in [3.63, 3.8) is 0 Å². The fraction of sp³-hybridized carbons (Fsp3) is 0.0714. The number of benzene rings is 2. The molecule has 0 bridgehead atoms. The average Bonchev–Trinajstić information content (AvgIpc) is 2.36. The first-order valence-electron chi connectivity index (χ1n) is 5.46. The van der Waals surface area contributed by atoms with Gasteiger partial charge in [-0.1, -0.05) is 12.1 Å². The maximum Gasteiger partial charge on any atom is 0.204 e. The van der Waals surface area contributed by atoms with Crippen LogP contribution in [0.2, 0.25) is 0 Å². The van der Waals surface area contributed by atoms with Gasteiger partial charge in [0.05, 0.1) is 5.39 Å². The highest BCUT2D eigenvalue weighted by Gasteiger charge is 2.15. The quantitative estimate of drug-likeness (QED) is 0.594. The Morgan fingerprint density at radius 2 is 1.83 bits per heavy atom. The maximum atomic E-state index is 12.3. The topological polar surface area (TPSA) is 70.7 Å². The van der Waals surface area contributed by atoms with Crippen molar-refractivity contribution >= 4 is 21.9 Å². The Bertz CT molecular complexity index is 830. The molecule has 4 nitrogen and oxygen atoms in total. The maximum absolute atomic E-state index is 12.3. The molecule has 3 aromatic rings. The van der Waals surface area contributed by atoms with Crippen molar-refractivity contribution in [2.24, 2.45) is 0 Å². The Labute approximate surface area is 102 Å². The van der Waals surface area contributed by atoms with E-state index < -0.39 is 0 Å². The molecule has 0 atom stereocenters. The summed E-state index contributed by atoms with van der Waals surface area (Å²) in [7, 11) is 0. The zero-order valence-corrected chi connectivity index (χ0v) is 9.60. The van der Waals surface area contributed by atoms with Crippen molar-refractivity contribution < 1.29 is 14.6 Å². The van der Waals surface area contributed by atoms with Gasteiger partial charge < -0.3 is 14.6 Å².